The van der Waals surface area contributed by atoms with Crippen LogP contribution in [0.1, 0.15) is 52.4 Å². The van der Waals surface area contributed by atoms with Crippen LogP contribution in [0.3, 0.4) is 0 Å². The monoisotopic (exact) mass is 299 g/mol. The number of thiocarbonyl (C=S) groups is 1. The molecule has 0 aromatic rings. The molecule has 0 aliphatic heterocycles. The number of rotatable bonds is 7. The summed E-state index contributed by atoms with van der Waals surface area (Å²) in [5.41, 5.74) is 10.3. The Hall–Kier alpha value is -1.17. The van der Waals surface area contributed by atoms with Crippen molar-refractivity contribution in [2.45, 2.75) is 58.4 Å². The SMILES string of the molecule is CCC(CC)(C(=O)N(CC(N)=O)C1CCCC1)C(N)=S. The average molecular weight is 299 g/mol. The molecule has 1 saturated carbocycles. The molecule has 6 heteroatoms. The van der Waals surface area contributed by atoms with E-state index in [1.807, 2.05) is 13.8 Å². The van der Waals surface area contributed by atoms with Gasteiger partial charge >= 0.3 is 0 Å². The molecule has 0 spiro atoms. The fourth-order valence-electron chi connectivity index (χ4n) is 3.03. The smallest absolute Gasteiger partial charge is 0.237 e. The number of carbonyl (C=O) groups is 2. The van der Waals surface area contributed by atoms with E-state index < -0.39 is 11.3 Å². The van der Waals surface area contributed by atoms with Crippen LogP contribution in [0.25, 0.3) is 0 Å². The van der Waals surface area contributed by atoms with E-state index in [0.29, 0.717) is 12.8 Å². The second-order valence-electron chi connectivity index (χ2n) is 5.49. The van der Waals surface area contributed by atoms with Crippen molar-refractivity contribution >= 4 is 29.0 Å². The van der Waals surface area contributed by atoms with E-state index >= 15 is 0 Å². The molecule has 0 bridgehead atoms. The van der Waals surface area contributed by atoms with Crippen LogP contribution in [-0.2, 0) is 9.59 Å². The maximum atomic E-state index is 12.9. The molecule has 0 aromatic carbocycles. The lowest BCUT2D eigenvalue weighted by atomic mass is 9.80. The van der Waals surface area contributed by atoms with E-state index in [1.54, 1.807) is 4.90 Å². The van der Waals surface area contributed by atoms with Gasteiger partial charge in [0, 0.05) is 6.04 Å². The van der Waals surface area contributed by atoms with Gasteiger partial charge in [0.15, 0.2) is 0 Å². The molecule has 0 unspecified atom stereocenters. The molecule has 2 amide bonds. The summed E-state index contributed by atoms with van der Waals surface area (Å²) in [5, 5.41) is 0. The van der Waals surface area contributed by atoms with Gasteiger partial charge in [-0.05, 0) is 25.7 Å². The van der Waals surface area contributed by atoms with Crippen molar-refractivity contribution in [1.29, 1.82) is 0 Å². The van der Waals surface area contributed by atoms with Crippen molar-refractivity contribution in [3.05, 3.63) is 0 Å². The van der Waals surface area contributed by atoms with Gasteiger partial charge in [0.2, 0.25) is 11.8 Å². The molecular formula is C14H25N3O2S. The molecule has 20 heavy (non-hydrogen) atoms. The highest BCUT2D eigenvalue weighted by molar-refractivity contribution is 7.80. The van der Waals surface area contributed by atoms with Gasteiger partial charge in [-0.1, -0.05) is 38.9 Å². The van der Waals surface area contributed by atoms with Crippen LogP contribution >= 0.6 is 12.2 Å². The predicted octanol–water partition coefficient (Wildman–Crippen LogP) is 1.34. The topological polar surface area (TPSA) is 89.4 Å². The third-order valence-electron chi connectivity index (χ3n) is 4.44. The normalized spacial score (nSPS) is 16.1. The third kappa shape index (κ3) is 3.29. The van der Waals surface area contributed by atoms with Gasteiger partial charge in [-0.25, -0.2) is 0 Å². The number of carbonyl (C=O) groups excluding carboxylic acids is 2. The lowest BCUT2D eigenvalue weighted by molar-refractivity contribution is -0.144. The molecule has 1 aliphatic carbocycles. The summed E-state index contributed by atoms with van der Waals surface area (Å²) in [7, 11) is 0. The largest absolute Gasteiger partial charge is 0.392 e. The minimum absolute atomic E-state index is 0.0478. The molecular weight excluding hydrogens is 274 g/mol. The van der Waals surface area contributed by atoms with Gasteiger partial charge < -0.3 is 16.4 Å². The number of hydrogen-bond acceptors (Lipinski definition) is 3. The van der Waals surface area contributed by atoms with Gasteiger partial charge in [0.05, 0.1) is 16.9 Å². The van der Waals surface area contributed by atoms with Gasteiger partial charge in [0.1, 0.15) is 0 Å². The van der Waals surface area contributed by atoms with E-state index in [2.05, 4.69) is 0 Å². The van der Waals surface area contributed by atoms with Crippen molar-refractivity contribution in [3.63, 3.8) is 0 Å². The van der Waals surface area contributed by atoms with E-state index in [9.17, 15) is 9.59 Å². The van der Waals surface area contributed by atoms with Crippen LogP contribution < -0.4 is 11.5 Å². The first-order valence-corrected chi connectivity index (χ1v) is 7.69. The Labute approximate surface area is 126 Å². The number of primary amides is 1. The Bertz CT molecular complexity index is 388. The summed E-state index contributed by atoms with van der Waals surface area (Å²) >= 11 is 5.13. The van der Waals surface area contributed by atoms with E-state index in [-0.39, 0.29) is 23.5 Å². The van der Waals surface area contributed by atoms with Crippen LogP contribution in [0.2, 0.25) is 0 Å². The zero-order chi connectivity index (χ0) is 15.3. The van der Waals surface area contributed by atoms with Gasteiger partial charge in [-0.3, -0.25) is 9.59 Å². The van der Waals surface area contributed by atoms with Crippen molar-refractivity contribution in [1.82, 2.24) is 4.90 Å². The molecule has 0 radical (unpaired) electrons. The van der Waals surface area contributed by atoms with Crippen molar-refractivity contribution in [2.75, 3.05) is 6.54 Å². The molecule has 4 N–H and O–H groups in total. The Morgan fingerprint density at radius 2 is 1.70 bits per heavy atom. The fraction of sp³-hybridized carbons (Fsp3) is 0.786. The van der Waals surface area contributed by atoms with Crippen molar-refractivity contribution in [2.24, 2.45) is 16.9 Å². The quantitative estimate of drug-likeness (QED) is 0.694. The van der Waals surface area contributed by atoms with E-state index in [4.69, 9.17) is 23.7 Å². The first-order chi connectivity index (χ1) is 9.39. The number of amides is 2. The highest BCUT2D eigenvalue weighted by atomic mass is 32.1. The number of nitrogens with two attached hydrogens (primary N) is 2. The van der Waals surface area contributed by atoms with Crippen molar-refractivity contribution in [3.8, 4) is 0 Å². The zero-order valence-electron chi connectivity index (χ0n) is 12.4. The van der Waals surface area contributed by atoms with Crippen LogP contribution in [0.15, 0.2) is 0 Å². The molecule has 0 saturated heterocycles. The van der Waals surface area contributed by atoms with Crippen LogP contribution in [-0.4, -0.2) is 34.3 Å². The molecule has 0 atom stereocenters. The maximum Gasteiger partial charge on any atom is 0.237 e. The summed E-state index contributed by atoms with van der Waals surface area (Å²) in [6.45, 7) is 3.75. The molecule has 1 rings (SSSR count). The zero-order valence-corrected chi connectivity index (χ0v) is 13.2. The lowest BCUT2D eigenvalue weighted by Crippen LogP contribution is -2.54. The highest BCUT2D eigenvalue weighted by Crippen LogP contribution is 2.33. The second kappa shape index (κ2) is 7.02. The molecule has 0 aromatic heterocycles. The summed E-state index contributed by atoms with van der Waals surface area (Å²) in [4.78, 5) is 26.1. The van der Waals surface area contributed by atoms with Crippen LogP contribution in [0.4, 0.5) is 0 Å². The number of nitrogens with zero attached hydrogens (tertiary/aromatic N) is 1. The first-order valence-electron chi connectivity index (χ1n) is 7.28. The standard InChI is InChI=1S/C14H25N3O2S/c1-3-14(4-2,12(16)20)13(19)17(9-11(15)18)10-7-5-6-8-10/h10H,3-9H2,1-2H3,(H2,15,18)(H2,16,20). The fourth-order valence-corrected chi connectivity index (χ4v) is 3.41. The molecule has 5 nitrogen and oxygen atoms in total. The molecule has 1 fully saturated rings. The van der Waals surface area contributed by atoms with Gasteiger partial charge in [-0.15, -0.1) is 0 Å². The Morgan fingerprint density at radius 3 is 2.05 bits per heavy atom. The van der Waals surface area contributed by atoms with E-state index in [0.717, 1.165) is 25.7 Å². The van der Waals surface area contributed by atoms with Gasteiger partial charge in [0.25, 0.3) is 0 Å². The Kier molecular flexibility index (Phi) is 5.92. The van der Waals surface area contributed by atoms with E-state index in [1.165, 1.54) is 0 Å². The third-order valence-corrected chi connectivity index (χ3v) is 4.83. The summed E-state index contributed by atoms with van der Waals surface area (Å²) in [6.07, 6.45) is 5.07. The Morgan fingerprint density at radius 1 is 1.20 bits per heavy atom. The Balaban J connectivity index is 3.07. The first kappa shape index (κ1) is 16.9. The molecule has 1 aliphatic rings. The predicted molar refractivity (Wildman–Crippen MR) is 83.0 cm³/mol. The van der Waals surface area contributed by atoms with Crippen LogP contribution in [0.5, 0.6) is 0 Å². The van der Waals surface area contributed by atoms with Gasteiger partial charge in [-0.2, -0.15) is 0 Å². The minimum atomic E-state index is -0.854. The van der Waals surface area contributed by atoms with Crippen molar-refractivity contribution < 1.29 is 9.59 Å². The lowest BCUT2D eigenvalue weighted by Gasteiger charge is -2.37. The summed E-state index contributed by atoms with van der Waals surface area (Å²) < 4.78 is 0. The summed E-state index contributed by atoms with van der Waals surface area (Å²) in [5.74, 6) is -0.630. The molecule has 0 heterocycles. The highest BCUT2D eigenvalue weighted by Gasteiger charge is 2.43. The average Bonchev–Trinajstić information content (AvgIpc) is 2.90. The maximum absolute atomic E-state index is 12.9. The number of hydrogen-bond donors (Lipinski definition) is 2. The summed E-state index contributed by atoms with van der Waals surface area (Å²) in [6, 6.07) is 0.0850. The second-order valence-corrected chi connectivity index (χ2v) is 5.93. The molecule has 114 valence electrons. The van der Waals surface area contributed by atoms with Crippen LogP contribution in [0, 0.1) is 5.41 Å². The minimum Gasteiger partial charge on any atom is -0.392 e.